The summed E-state index contributed by atoms with van der Waals surface area (Å²) < 4.78 is 36.1. The van der Waals surface area contributed by atoms with E-state index < -0.39 is 24.0 Å². The fourth-order valence-corrected chi connectivity index (χ4v) is 4.36. The number of anilines is 2. The van der Waals surface area contributed by atoms with Crippen LogP contribution in [-0.4, -0.2) is 40.4 Å². The summed E-state index contributed by atoms with van der Waals surface area (Å²) in [4.78, 5) is 27.6. The van der Waals surface area contributed by atoms with Gasteiger partial charge < -0.3 is 20.1 Å². The number of carbonyl (C=O) groups is 2. The van der Waals surface area contributed by atoms with Crippen LogP contribution in [0.3, 0.4) is 0 Å². The van der Waals surface area contributed by atoms with E-state index in [2.05, 4.69) is 10.4 Å². The van der Waals surface area contributed by atoms with Crippen molar-refractivity contribution in [1.82, 2.24) is 9.78 Å². The third kappa shape index (κ3) is 4.58. The van der Waals surface area contributed by atoms with Crippen LogP contribution in [0.4, 0.5) is 20.2 Å². The molecule has 0 saturated carbocycles. The molecule has 11 heteroatoms. The molecule has 1 aliphatic heterocycles. The van der Waals surface area contributed by atoms with Gasteiger partial charge in [0.1, 0.15) is 11.8 Å². The molecule has 39 heavy (non-hydrogen) atoms. The van der Waals surface area contributed by atoms with Gasteiger partial charge >= 0.3 is 0 Å². The smallest absolute Gasteiger partial charge is 0.298 e. The van der Waals surface area contributed by atoms with Gasteiger partial charge in [-0.2, -0.15) is 19.1 Å². The zero-order valence-corrected chi connectivity index (χ0v) is 20.5. The second-order valence-corrected chi connectivity index (χ2v) is 8.72. The van der Waals surface area contributed by atoms with Crippen LogP contribution in [-0.2, 0) is 5.92 Å². The molecule has 0 saturated heterocycles. The van der Waals surface area contributed by atoms with Crippen molar-refractivity contribution in [2.75, 3.05) is 23.9 Å². The number of alkyl halides is 2. The first kappa shape index (κ1) is 25.6. The number of nitrogens with one attached hydrogen (secondary N) is 1. The topological polar surface area (TPSA) is 120 Å². The first-order valence-corrected chi connectivity index (χ1v) is 11.8. The molecule has 2 heterocycles. The van der Waals surface area contributed by atoms with Crippen molar-refractivity contribution in [2.45, 2.75) is 12.2 Å². The predicted octanol–water partition coefficient (Wildman–Crippen LogP) is 4.31. The Hall–Kier alpha value is -5.08. The van der Waals surface area contributed by atoms with Gasteiger partial charge in [-0.15, -0.1) is 0 Å². The molecule has 3 aromatic carbocycles. The monoisotopic (exact) mass is 529 g/mol. The first-order valence-electron chi connectivity index (χ1n) is 11.8. The highest BCUT2D eigenvalue weighted by Crippen LogP contribution is 2.37. The normalized spacial score (nSPS) is 14.9. The van der Waals surface area contributed by atoms with Gasteiger partial charge in [0.2, 0.25) is 0 Å². The van der Waals surface area contributed by atoms with E-state index in [1.807, 2.05) is 6.07 Å². The molecule has 9 nitrogen and oxygen atoms in total. The van der Waals surface area contributed by atoms with Crippen molar-refractivity contribution in [3.63, 3.8) is 0 Å². The Kier molecular flexibility index (Phi) is 6.55. The Labute approximate surface area is 221 Å². The molecular weight excluding hydrogens is 508 g/mol. The summed E-state index contributed by atoms with van der Waals surface area (Å²) in [5, 5.41) is 26.6. The Morgan fingerprint density at radius 3 is 2.49 bits per heavy atom. The Balaban J connectivity index is 1.40. The maximum atomic E-state index is 15.0. The van der Waals surface area contributed by atoms with E-state index in [9.17, 15) is 28.7 Å². The minimum absolute atomic E-state index is 0.0373. The van der Waals surface area contributed by atoms with E-state index in [1.165, 1.54) is 84.9 Å². The minimum Gasteiger partial charge on any atom is -0.495 e. The van der Waals surface area contributed by atoms with Gasteiger partial charge in [-0.05, 0) is 30.3 Å². The number of halogens is 2. The van der Waals surface area contributed by atoms with E-state index in [1.54, 1.807) is 6.07 Å². The second kappa shape index (κ2) is 10.00. The number of methoxy groups -OCH3 is 1. The molecule has 1 aromatic heterocycles. The van der Waals surface area contributed by atoms with Crippen LogP contribution in [0.2, 0.25) is 0 Å². The van der Waals surface area contributed by atoms with Gasteiger partial charge in [0.25, 0.3) is 17.7 Å². The molecule has 0 spiro atoms. The van der Waals surface area contributed by atoms with Crippen molar-refractivity contribution >= 4 is 23.2 Å². The lowest BCUT2D eigenvalue weighted by molar-refractivity contribution is 0.0428. The van der Waals surface area contributed by atoms with Gasteiger partial charge in [-0.3, -0.25) is 9.59 Å². The molecule has 0 aliphatic carbocycles. The first-order chi connectivity index (χ1) is 18.7. The second-order valence-electron chi connectivity index (χ2n) is 8.72. The number of rotatable bonds is 6. The number of aromatic nitrogens is 2. The molecule has 196 valence electrons. The zero-order chi connectivity index (χ0) is 27.7. The fourth-order valence-electron chi connectivity index (χ4n) is 4.36. The molecule has 2 N–H and O–H groups in total. The summed E-state index contributed by atoms with van der Waals surface area (Å²) in [6.45, 7) is -0.181. The number of fused-ring (bicyclic) bond motifs is 1. The van der Waals surface area contributed by atoms with E-state index in [4.69, 9.17) is 4.74 Å². The summed E-state index contributed by atoms with van der Waals surface area (Å²) in [5.74, 6) is -4.15. The van der Waals surface area contributed by atoms with E-state index in [0.29, 0.717) is 5.75 Å². The SMILES string of the molecule is COc1ccc(C(=O)Nc2cnn3c2C(=O)N(c2ccc(C(F)(F)c4ccccc4)cc2)C[C@H]3O)cc1C#N. The fraction of sp³-hybridized carbons (Fsp3) is 0.143. The third-order valence-electron chi connectivity index (χ3n) is 6.38. The van der Waals surface area contributed by atoms with Crippen LogP contribution in [0.15, 0.2) is 79.0 Å². The lowest BCUT2D eigenvalue weighted by Gasteiger charge is -2.31. The van der Waals surface area contributed by atoms with E-state index in [-0.39, 0.29) is 45.9 Å². The number of nitrogens with zero attached hydrogens (tertiary/aromatic N) is 4. The molecule has 4 aromatic rings. The van der Waals surface area contributed by atoms with Crippen LogP contribution in [0.5, 0.6) is 5.75 Å². The molecule has 0 unspecified atom stereocenters. The highest BCUT2D eigenvalue weighted by atomic mass is 19.3. The summed E-state index contributed by atoms with van der Waals surface area (Å²) in [7, 11) is 1.40. The van der Waals surface area contributed by atoms with Crippen molar-refractivity contribution in [2.24, 2.45) is 0 Å². The summed E-state index contributed by atoms with van der Waals surface area (Å²) >= 11 is 0. The average Bonchev–Trinajstić information content (AvgIpc) is 3.39. The van der Waals surface area contributed by atoms with Crippen molar-refractivity contribution in [1.29, 1.82) is 5.26 Å². The molecule has 2 amide bonds. The zero-order valence-electron chi connectivity index (χ0n) is 20.5. The van der Waals surface area contributed by atoms with E-state index >= 15 is 0 Å². The quantitative estimate of drug-likeness (QED) is 0.384. The van der Waals surface area contributed by atoms with Crippen LogP contribution < -0.4 is 15.0 Å². The number of benzene rings is 3. The highest BCUT2D eigenvalue weighted by molar-refractivity contribution is 6.13. The number of carbonyl (C=O) groups excluding carboxylic acids is 2. The lowest BCUT2D eigenvalue weighted by Crippen LogP contribution is -2.43. The van der Waals surface area contributed by atoms with Gasteiger partial charge in [-0.1, -0.05) is 42.5 Å². The van der Waals surface area contributed by atoms with Crippen molar-refractivity contribution in [3.05, 3.63) is 107 Å². The van der Waals surface area contributed by atoms with Crippen LogP contribution in [0, 0.1) is 11.3 Å². The number of aliphatic hydroxyl groups excluding tert-OH is 1. The largest absolute Gasteiger partial charge is 0.495 e. The number of amides is 2. The maximum absolute atomic E-state index is 15.0. The summed E-state index contributed by atoms with van der Waals surface area (Å²) in [6.07, 6.45) is -0.0178. The predicted molar refractivity (Wildman–Crippen MR) is 137 cm³/mol. The number of aliphatic hydroxyl groups is 1. The molecule has 0 radical (unpaired) electrons. The summed E-state index contributed by atoms with van der Waals surface area (Å²) in [5.41, 5.74) is 0.112. The maximum Gasteiger partial charge on any atom is 0.298 e. The number of nitriles is 1. The van der Waals surface area contributed by atoms with Gasteiger partial charge in [0.15, 0.2) is 11.9 Å². The van der Waals surface area contributed by atoms with Gasteiger partial charge in [0, 0.05) is 22.4 Å². The molecule has 1 atom stereocenters. The number of β-amino-alcohol motifs (C(OH)–C–C–N with tert-alkyl or cyclic N) is 1. The Bertz CT molecular complexity index is 1600. The minimum atomic E-state index is -3.24. The van der Waals surface area contributed by atoms with Crippen LogP contribution >= 0.6 is 0 Å². The molecular formula is C28H21F2N5O4. The standard InChI is InChI=1S/C28H21F2N5O4/c1-39-23-12-7-17(13-18(23)14-31)26(37)33-22-15-32-35-24(36)16-34(27(38)25(22)35)21-10-8-20(9-11-21)28(29,30)19-5-3-2-4-6-19/h2-13,15,24,36H,16H2,1H3,(H,33,37)/t24-/m1/s1. The van der Waals surface area contributed by atoms with E-state index in [0.717, 1.165) is 4.68 Å². The van der Waals surface area contributed by atoms with Gasteiger partial charge in [0.05, 0.1) is 31.1 Å². The summed E-state index contributed by atoms with van der Waals surface area (Å²) in [6, 6.07) is 18.8. The number of hydrogen-bond acceptors (Lipinski definition) is 6. The molecule has 5 rings (SSSR count). The van der Waals surface area contributed by atoms with Crippen LogP contribution in [0.1, 0.15) is 43.8 Å². The van der Waals surface area contributed by atoms with Crippen LogP contribution in [0.25, 0.3) is 0 Å². The number of ether oxygens (including phenoxy) is 1. The third-order valence-corrected chi connectivity index (χ3v) is 6.38. The Morgan fingerprint density at radius 1 is 1.13 bits per heavy atom. The molecule has 0 bridgehead atoms. The molecule has 0 fully saturated rings. The highest BCUT2D eigenvalue weighted by Gasteiger charge is 2.37. The van der Waals surface area contributed by atoms with Gasteiger partial charge in [-0.25, -0.2) is 4.68 Å². The lowest BCUT2D eigenvalue weighted by atomic mass is 10.00. The van der Waals surface area contributed by atoms with Crippen molar-refractivity contribution < 1.29 is 28.2 Å². The Morgan fingerprint density at radius 2 is 1.82 bits per heavy atom. The average molecular weight is 530 g/mol. The molecule has 1 aliphatic rings. The number of hydrogen-bond donors (Lipinski definition) is 2. The van der Waals surface area contributed by atoms with Crippen molar-refractivity contribution in [3.8, 4) is 11.8 Å².